The quantitative estimate of drug-likeness (QED) is 0.719. The third-order valence-electron chi connectivity index (χ3n) is 4.15. The molecule has 7 heteroatoms. The number of halogens is 4. The average Bonchev–Trinajstić information content (AvgIpc) is 2.44. The summed E-state index contributed by atoms with van der Waals surface area (Å²) in [5.74, 6) is 0.805. The molecule has 0 unspecified atom stereocenters. The van der Waals surface area contributed by atoms with Gasteiger partial charge in [0, 0.05) is 11.9 Å². The van der Waals surface area contributed by atoms with Crippen molar-refractivity contribution in [2.75, 3.05) is 5.43 Å². The van der Waals surface area contributed by atoms with Crippen molar-refractivity contribution in [2.45, 2.75) is 46.2 Å². The monoisotopic (exact) mass is 347 g/mol. The van der Waals surface area contributed by atoms with Crippen LogP contribution in [0, 0.1) is 11.3 Å². The van der Waals surface area contributed by atoms with E-state index in [-0.39, 0.29) is 16.3 Å². The Morgan fingerprint density at radius 1 is 1.22 bits per heavy atom. The molecule has 0 fully saturated rings. The molecule has 128 valence electrons. The van der Waals surface area contributed by atoms with Crippen molar-refractivity contribution in [3.8, 4) is 0 Å². The van der Waals surface area contributed by atoms with Crippen molar-refractivity contribution in [1.82, 2.24) is 10.4 Å². The van der Waals surface area contributed by atoms with Crippen LogP contribution in [0.3, 0.4) is 0 Å². The van der Waals surface area contributed by atoms with Gasteiger partial charge in [0.2, 0.25) is 0 Å². The van der Waals surface area contributed by atoms with Crippen molar-refractivity contribution in [3.05, 3.63) is 34.6 Å². The van der Waals surface area contributed by atoms with Crippen LogP contribution in [0.4, 0.5) is 19.0 Å². The van der Waals surface area contributed by atoms with E-state index in [0.717, 1.165) is 37.2 Å². The zero-order valence-electron chi connectivity index (χ0n) is 13.4. The molecule has 0 amide bonds. The van der Waals surface area contributed by atoms with Crippen molar-refractivity contribution < 1.29 is 13.2 Å². The molecule has 2 rings (SSSR count). The Morgan fingerprint density at radius 3 is 2.39 bits per heavy atom. The SMILES string of the molecule is CC(C)(C)[C@H]1CC=C(NNc2ncc(C(F)(F)F)cc2Cl)CC1. The zero-order valence-corrected chi connectivity index (χ0v) is 14.1. The van der Waals surface area contributed by atoms with E-state index in [1.807, 2.05) is 0 Å². The molecule has 0 aromatic carbocycles. The van der Waals surface area contributed by atoms with E-state index in [1.54, 1.807) is 0 Å². The maximum Gasteiger partial charge on any atom is 0.417 e. The van der Waals surface area contributed by atoms with E-state index in [4.69, 9.17) is 11.6 Å². The molecule has 1 aliphatic carbocycles. The van der Waals surface area contributed by atoms with Gasteiger partial charge in [0.15, 0.2) is 5.82 Å². The highest BCUT2D eigenvalue weighted by atomic mass is 35.5. The molecule has 1 aromatic rings. The summed E-state index contributed by atoms with van der Waals surface area (Å²) in [6.07, 6.45) is 1.36. The van der Waals surface area contributed by atoms with Gasteiger partial charge in [0.05, 0.1) is 10.6 Å². The standard InChI is InChI=1S/C16H21ClF3N3/c1-15(2,3)10-4-6-12(7-5-10)22-23-14-13(17)8-11(9-21-14)16(18,19)20/h6,8-10,22H,4-5,7H2,1-3H3,(H,21,23)/t10-/m0/s1. The van der Waals surface area contributed by atoms with Gasteiger partial charge in [-0.05, 0) is 36.7 Å². The highest BCUT2D eigenvalue weighted by molar-refractivity contribution is 6.32. The number of rotatable bonds is 3. The van der Waals surface area contributed by atoms with Gasteiger partial charge in [-0.1, -0.05) is 38.4 Å². The first-order chi connectivity index (χ1) is 10.6. The van der Waals surface area contributed by atoms with Gasteiger partial charge in [-0.25, -0.2) is 4.98 Å². The van der Waals surface area contributed by atoms with Gasteiger partial charge in [0.25, 0.3) is 0 Å². The minimum atomic E-state index is -4.45. The lowest BCUT2D eigenvalue weighted by Crippen LogP contribution is -2.28. The first-order valence-corrected chi connectivity index (χ1v) is 7.89. The second-order valence-corrected chi connectivity index (χ2v) is 7.28. The van der Waals surface area contributed by atoms with Crippen LogP contribution in [0.25, 0.3) is 0 Å². The Hall–Kier alpha value is -1.43. The summed E-state index contributed by atoms with van der Waals surface area (Å²) in [5.41, 5.74) is 6.19. The van der Waals surface area contributed by atoms with E-state index in [0.29, 0.717) is 5.92 Å². The maximum absolute atomic E-state index is 12.6. The first-order valence-electron chi connectivity index (χ1n) is 7.51. The second kappa shape index (κ2) is 6.59. The third-order valence-corrected chi connectivity index (χ3v) is 4.43. The Morgan fingerprint density at radius 2 is 1.91 bits per heavy atom. The first kappa shape index (κ1) is 17.9. The predicted octanol–water partition coefficient (Wildman–Crippen LogP) is 5.40. The summed E-state index contributed by atoms with van der Waals surface area (Å²) in [5, 5.41) is -0.0729. The summed E-state index contributed by atoms with van der Waals surface area (Å²) < 4.78 is 37.7. The number of alkyl halides is 3. The van der Waals surface area contributed by atoms with Gasteiger partial charge in [-0.15, -0.1) is 0 Å². The van der Waals surface area contributed by atoms with Crippen molar-refractivity contribution in [1.29, 1.82) is 0 Å². The molecule has 1 heterocycles. The molecule has 23 heavy (non-hydrogen) atoms. The summed E-state index contributed by atoms with van der Waals surface area (Å²) in [7, 11) is 0. The van der Waals surface area contributed by atoms with Crippen LogP contribution in [0.1, 0.15) is 45.6 Å². The molecule has 2 N–H and O–H groups in total. The summed E-state index contributed by atoms with van der Waals surface area (Å²) in [6.45, 7) is 6.69. The molecule has 1 aliphatic rings. The van der Waals surface area contributed by atoms with Crippen LogP contribution < -0.4 is 10.9 Å². The van der Waals surface area contributed by atoms with Gasteiger partial charge < -0.3 is 5.43 Å². The van der Waals surface area contributed by atoms with Gasteiger partial charge in [0.1, 0.15) is 0 Å². The van der Waals surface area contributed by atoms with E-state index >= 15 is 0 Å². The Kier molecular flexibility index (Phi) is 5.14. The molecule has 1 atom stereocenters. The fourth-order valence-electron chi connectivity index (χ4n) is 2.56. The topological polar surface area (TPSA) is 37.0 Å². The van der Waals surface area contributed by atoms with E-state index in [9.17, 15) is 13.2 Å². The summed E-state index contributed by atoms with van der Waals surface area (Å²) >= 11 is 5.85. The molecular formula is C16H21ClF3N3. The minimum Gasteiger partial charge on any atom is -0.304 e. The number of pyridine rings is 1. The van der Waals surface area contributed by atoms with Gasteiger partial charge in [-0.2, -0.15) is 13.2 Å². The fraction of sp³-hybridized carbons (Fsp3) is 0.562. The summed E-state index contributed by atoms with van der Waals surface area (Å²) in [4.78, 5) is 3.73. The Bertz CT molecular complexity index is 591. The van der Waals surface area contributed by atoms with Crippen LogP contribution in [0.2, 0.25) is 5.02 Å². The number of hydrazine groups is 1. The number of nitrogens with one attached hydrogen (secondary N) is 2. The smallest absolute Gasteiger partial charge is 0.304 e. The molecule has 0 spiro atoms. The second-order valence-electron chi connectivity index (χ2n) is 6.87. The van der Waals surface area contributed by atoms with Gasteiger partial charge in [-0.3, -0.25) is 5.43 Å². The Labute approximate surface area is 139 Å². The van der Waals surface area contributed by atoms with Crippen LogP contribution in [-0.2, 0) is 6.18 Å². The number of aromatic nitrogens is 1. The molecule has 0 aliphatic heterocycles. The fourth-order valence-corrected chi connectivity index (χ4v) is 2.77. The van der Waals surface area contributed by atoms with Crippen molar-refractivity contribution >= 4 is 17.4 Å². The van der Waals surface area contributed by atoms with Crippen LogP contribution in [0.5, 0.6) is 0 Å². The number of nitrogens with zero attached hydrogens (tertiary/aromatic N) is 1. The lowest BCUT2D eigenvalue weighted by Gasteiger charge is -2.33. The largest absolute Gasteiger partial charge is 0.417 e. The van der Waals surface area contributed by atoms with Crippen molar-refractivity contribution in [3.63, 3.8) is 0 Å². The van der Waals surface area contributed by atoms with Crippen LogP contribution >= 0.6 is 11.6 Å². The molecule has 3 nitrogen and oxygen atoms in total. The number of hydrogen-bond donors (Lipinski definition) is 2. The van der Waals surface area contributed by atoms with Crippen LogP contribution in [-0.4, -0.2) is 4.98 Å². The molecule has 0 bridgehead atoms. The Balaban J connectivity index is 1.96. The average molecular weight is 348 g/mol. The summed E-state index contributed by atoms with van der Waals surface area (Å²) in [6, 6.07) is 0.865. The molecule has 0 radical (unpaired) electrons. The van der Waals surface area contributed by atoms with Crippen LogP contribution in [0.15, 0.2) is 24.0 Å². The number of anilines is 1. The molecular weight excluding hydrogens is 327 g/mol. The lowest BCUT2D eigenvalue weighted by molar-refractivity contribution is -0.137. The van der Waals surface area contributed by atoms with E-state index in [1.165, 1.54) is 0 Å². The lowest BCUT2D eigenvalue weighted by atomic mass is 9.74. The molecule has 0 saturated carbocycles. The number of hydrogen-bond acceptors (Lipinski definition) is 3. The van der Waals surface area contributed by atoms with Crippen molar-refractivity contribution in [2.24, 2.45) is 11.3 Å². The third kappa shape index (κ3) is 4.77. The van der Waals surface area contributed by atoms with E-state index < -0.39 is 11.7 Å². The van der Waals surface area contributed by atoms with Gasteiger partial charge >= 0.3 is 6.18 Å². The highest BCUT2D eigenvalue weighted by Crippen LogP contribution is 2.36. The molecule has 0 saturated heterocycles. The predicted molar refractivity (Wildman–Crippen MR) is 85.9 cm³/mol. The minimum absolute atomic E-state index is 0.0729. The zero-order chi connectivity index (χ0) is 17.3. The highest BCUT2D eigenvalue weighted by Gasteiger charge is 2.31. The van der Waals surface area contributed by atoms with E-state index in [2.05, 4.69) is 42.7 Å². The normalized spacial score (nSPS) is 19.3. The number of allylic oxidation sites excluding steroid dienone is 2. The molecule has 1 aromatic heterocycles. The maximum atomic E-state index is 12.6.